The summed E-state index contributed by atoms with van der Waals surface area (Å²) in [6, 6.07) is 19.5. The van der Waals surface area contributed by atoms with Gasteiger partial charge in [-0.25, -0.2) is 0 Å². The van der Waals surface area contributed by atoms with Gasteiger partial charge in [-0.1, -0.05) is 75.2 Å². The van der Waals surface area contributed by atoms with E-state index in [0.717, 1.165) is 13.1 Å². The number of anilines is 1. The Kier molecular flexibility index (Phi) is 6.33. The fourth-order valence-electron chi connectivity index (χ4n) is 2.66. The molecule has 0 aliphatic carbocycles. The monoisotopic (exact) mass is 281 g/mol. The second kappa shape index (κ2) is 8.51. The molecule has 1 nitrogen and oxygen atoms in total. The first-order chi connectivity index (χ1) is 10.4. The van der Waals surface area contributed by atoms with Crippen molar-refractivity contribution >= 4 is 5.69 Å². The van der Waals surface area contributed by atoms with Gasteiger partial charge in [-0.05, 0) is 24.5 Å². The van der Waals surface area contributed by atoms with Crippen molar-refractivity contribution in [1.82, 2.24) is 0 Å². The predicted molar refractivity (Wildman–Crippen MR) is 93.9 cm³/mol. The largest absolute Gasteiger partial charge is 0.371 e. The van der Waals surface area contributed by atoms with Gasteiger partial charge < -0.3 is 4.90 Å². The average Bonchev–Trinajstić information content (AvgIpc) is 2.56. The fourth-order valence-corrected chi connectivity index (χ4v) is 2.66. The minimum Gasteiger partial charge on any atom is -0.371 e. The molecule has 0 aromatic heterocycles. The Morgan fingerprint density at radius 2 is 1.29 bits per heavy atom. The Labute approximate surface area is 129 Å². The second-order valence-corrected chi connectivity index (χ2v) is 5.58. The topological polar surface area (TPSA) is 3.24 Å². The third-order valence-corrected chi connectivity index (χ3v) is 3.89. The summed E-state index contributed by atoms with van der Waals surface area (Å²) in [6.45, 7) is 6.84. The summed E-state index contributed by atoms with van der Waals surface area (Å²) in [5, 5.41) is 0. The summed E-state index contributed by atoms with van der Waals surface area (Å²) in [7, 11) is 0. The zero-order valence-electron chi connectivity index (χ0n) is 13.4. The number of para-hydroxylation sites is 1. The zero-order valence-corrected chi connectivity index (χ0v) is 13.4. The van der Waals surface area contributed by atoms with E-state index in [4.69, 9.17) is 0 Å². The predicted octanol–water partition coefficient (Wildman–Crippen LogP) is 5.76. The van der Waals surface area contributed by atoms with Gasteiger partial charge in [0.2, 0.25) is 0 Å². The molecule has 2 aromatic carbocycles. The maximum atomic E-state index is 2.56. The molecule has 0 saturated heterocycles. The maximum Gasteiger partial charge on any atom is 0.0445 e. The van der Waals surface area contributed by atoms with E-state index in [1.165, 1.54) is 42.5 Å². The summed E-state index contributed by atoms with van der Waals surface area (Å²) in [6.07, 6.45) is 5.01. The van der Waals surface area contributed by atoms with Crippen molar-refractivity contribution in [3.8, 4) is 11.1 Å². The smallest absolute Gasteiger partial charge is 0.0445 e. The molecule has 0 spiro atoms. The average molecular weight is 281 g/mol. The Bertz CT molecular complexity index is 510. The van der Waals surface area contributed by atoms with Crippen LogP contribution in [0.2, 0.25) is 0 Å². The van der Waals surface area contributed by atoms with Gasteiger partial charge in [-0.15, -0.1) is 0 Å². The van der Waals surface area contributed by atoms with Gasteiger partial charge in [0, 0.05) is 24.3 Å². The fraction of sp³-hybridized carbons (Fsp3) is 0.400. The van der Waals surface area contributed by atoms with Crippen LogP contribution in [0.5, 0.6) is 0 Å². The van der Waals surface area contributed by atoms with Gasteiger partial charge in [0.05, 0.1) is 0 Å². The minimum absolute atomic E-state index is 1.15. The van der Waals surface area contributed by atoms with Gasteiger partial charge in [-0.3, -0.25) is 0 Å². The molecule has 1 heteroatoms. The van der Waals surface area contributed by atoms with Gasteiger partial charge in [0.15, 0.2) is 0 Å². The van der Waals surface area contributed by atoms with Crippen molar-refractivity contribution in [2.24, 2.45) is 0 Å². The molecule has 0 N–H and O–H groups in total. The quantitative estimate of drug-likeness (QED) is 0.594. The molecule has 0 radical (unpaired) electrons. The number of hydrogen-bond donors (Lipinski definition) is 0. The van der Waals surface area contributed by atoms with E-state index in [1.54, 1.807) is 0 Å². The molecule has 112 valence electrons. The summed E-state index contributed by atoms with van der Waals surface area (Å²) in [5.41, 5.74) is 4.04. The highest BCUT2D eigenvalue weighted by Crippen LogP contribution is 2.31. The Morgan fingerprint density at radius 3 is 1.90 bits per heavy atom. The van der Waals surface area contributed by atoms with E-state index in [0.29, 0.717) is 0 Å². The number of nitrogens with zero attached hydrogens (tertiary/aromatic N) is 1. The van der Waals surface area contributed by atoms with E-state index in [9.17, 15) is 0 Å². The lowest BCUT2D eigenvalue weighted by atomic mass is 10.0. The van der Waals surface area contributed by atoms with Crippen LogP contribution in [0.1, 0.15) is 39.5 Å². The van der Waals surface area contributed by atoms with Crippen molar-refractivity contribution in [1.29, 1.82) is 0 Å². The number of unbranched alkanes of at least 4 members (excludes halogenated alkanes) is 2. The molecule has 0 bridgehead atoms. The lowest BCUT2D eigenvalue weighted by Gasteiger charge is -2.27. The van der Waals surface area contributed by atoms with Crippen LogP contribution in [0, 0.1) is 0 Å². The third-order valence-electron chi connectivity index (χ3n) is 3.89. The van der Waals surface area contributed by atoms with Crippen molar-refractivity contribution in [3.05, 3.63) is 54.6 Å². The number of rotatable bonds is 8. The Morgan fingerprint density at radius 1 is 0.714 bits per heavy atom. The third kappa shape index (κ3) is 4.35. The molecule has 0 atom stereocenters. The molecule has 0 amide bonds. The van der Waals surface area contributed by atoms with Crippen LogP contribution in [0.3, 0.4) is 0 Å². The molecule has 2 aromatic rings. The lowest BCUT2D eigenvalue weighted by molar-refractivity contribution is 0.678. The van der Waals surface area contributed by atoms with Crippen LogP contribution in [0.25, 0.3) is 11.1 Å². The number of benzene rings is 2. The van der Waals surface area contributed by atoms with Crippen LogP contribution in [-0.2, 0) is 0 Å². The molecular formula is C20H27N. The molecule has 0 saturated carbocycles. The minimum atomic E-state index is 1.15. The molecule has 0 heterocycles. The molecule has 0 fully saturated rings. The summed E-state index contributed by atoms with van der Waals surface area (Å²) < 4.78 is 0. The van der Waals surface area contributed by atoms with Crippen LogP contribution < -0.4 is 4.90 Å². The molecule has 21 heavy (non-hydrogen) atoms. The van der Waals surface area contributed by atoms with Crippen LogP contribution in [-0.4, -0.2) is 13.1 Å². The summed E-state index contributed by atoms with van der Waals surface area (Å²) in [4.78, 5) is 2.56. The Hall–Kier alpha value is -1.76. The first kappa shape index (κ1) is 15.6. The molecule has 0 aliphatic rings. The van der Waals surface area contributed by atoms with Crippen molar-refractivity contribution in [2.45, 2.75) is 39.5 Å². The summed E-state index contributed by atoms with van der Waals surface area (Å²) in [5.74, 6) is 0. The van der Waals surface area contributed by atoms with Crippen LogP contribution >= 0.6 is 0 Å². The van der Waals surface area contributed by atoms with Gasteiger partial charge in [-0.2, -0.15) is 0 Å². The Balaban J connectivity index is 2.31. The lowest BCUT2D eigenvalue weighted by Crippen LogP contribution is -2.26. The first-order valence-electron chi connectivity index (χ1n) is 8.26. The zero-order chi connectivity index (χ0) is 14.9. The van der Waals surface area contributed by atoms with Gasteiger partial charge in [0.1, 0.15) is 0 Å². The van der Waals surface area contributed by atoms with Crippen molar-refractivity contribution in [2.75, 3.05) is 18.0 Å². The molecular weight excluding hydrogens is 254 g/mol. The van der Waals surface area contributed by atoms with Gasteiger partial charge >= 0.3 is 0 Å². The second-order valence-electron chi connectivity index (χ2n) is 5.58. The normalized spacial score (nSPS) is 10.6. The van der Waals surface area contributed by atoms with E-state index >= 15 is 0 Å². The highest BCUT2D eigenvalue weighted by molar-refractivity contribution is 5.78. The SMILES string of the molecule is CCCCN(CCCC)c1ccccc1-c1ccccc1. The van der Waals surface area contributed by atoms with Crippen LogP contribution in [0.15, 0.2) is 54.6 Å². The van der Waals surface area contributed by atoms with Crippen molar-refractivity contribution < 1.29 is 0 Å². The standard InChI is InChI=1S/C20H27N/c1-3-5-16-21(17-6-4-2)20-15-11-10-14-19(20)18-12-8-7-9-13-18/h7-15H,3-6,16-17H2,1-2H3. The van der Waals surface area contributed by atoms with E-state index in [1.807, 2.05) is 0 Å². The highest BCUT2D eigenvalue weighted by atomic mass is 15.1. The van der Waals surface area contributed by atoms with E-state index in [2.05, 4.69) is 73.3 Å². The maximum absolute atomic E-state index is 2.56. The number of hydrogen-bond acceptors (Lipinski definition) is 1. The van der Waals surface area contributed by atoms with E-state index < -0.39 is 0 Å². The summed E-state index contributed by atoms with van der Waals surface area (Å²) >= 11 is 0. The molecule has 0 aliphatic heterocycles. The van der Waals surface area contributed by atoms with E-state index in [-0.39, 0.29) is 0 Å². The molecule has 2 rings (SSSR count). The van der Waals surface area contributed by atoms with Gasteiger partial charge in [0.25, 0.3) is 0 Å². The van der Waals surface area contributed by atoms with Crippen molar-refractivity contribution in [3.63, 3.8) is 0 Å². The first-order valence-corrected chi connectivity index (χ1v) is 8.26. The van der Waals surface area contributed by atoms with Crippen LogP contribution in [0.4, 0.5) is 5.69 Å². The molecule has 0 unspecified atom stereocenters. The highest BCUT2D eigenvalue weighted by Gasteiger charge is 2.11.